The van der Waals surface area contributed by atoms with Crippen LogP contribution in [0.5, 0.6) is 17.2 Å². The Morgan fingerprint density at radius 3 is 2.48 bits per heavy atom. The number of carbonyl (C=O) groups excluding carboxylic acids is 1. The van der Waals surface area contributed by atoms with Crippen LogP contribution in [0.15, 0.2) is 53.2 Å². The number of hydrogen-bond acceptors (Lipinski definition) is 6. The highest BCUT2D eigenvalue weighted by Gasteiger charge is 2.25. The molecule has 0 spiro atoms. The van der Waals surface area contributed by atoms with Gasteiger partial charge in [0.05, 0.1) is 21.3 Å². The van der Waals surface area contributed by atoms with Crippen molar-refractivity contribution >= 4 is 17.9 Å². The van der Waals surface area contributed by atoms with Gasteiger partial charge in [-0.15, -0.1) is 0 Å². The van der Waals surface area contributed by atoms with Gasteiger partial charge in [-0.25, -0.2) is 9.79 Å². The van der Waals surface area contributed by atoms with Gasteiger partial charge in [-0.05, 0) is 42.0 Å². The van der Waals surface area contributed by atoms with Gasteiger partial charge in [0, 0.05) is 5.56 Å². The first kappa shape index (κ1) is 16.6. The summed E-state index contributed by atoms with van der Waals surface area (Å²) < 4.78 is 20.9. The Balaban J connectivity index is 1.93. The number of benzene rings is 2. The number of cyclic esters (lactones) is 1. The largest absolute Gasteiger partial charge is 0.497 e. The van der Waals surface area contributed by atoms with Crippen LogP contribution in [0.3, 0.4) is 0 Å². The van der Waals surface area contributed by atoms with Crippen molar-refractivity contribution in [1.29, 1.82) is 0 Å². The smallest absolute Gasteiger partial charge is 0.363 e. The maximum Gasteiger partial charge on any atom is 0.363 e. The van der Waals surface area contributed by atoms with Crippen LogP contribution in [-0.2, 0) is 9.53 Å². The molecule has 25 heavy (non-hydrogen) atoms. The third-order valence-electron chi connectivity index (χ3n) is 3.65. The summed E-state index contributed by atoms with van der Waals surface area (Å²) in [6, 6.07) is 12.5. The molecule has 6 heteroatoms. The van der Waals surface area contributed by atoms with E-state index in [-0.39, 0.29) is 11.6 Å². The predicted octanol–water partition coefficient (Wildman–Crippen LogP) is 3.06. The van der Waals surface area contributed by atoms with Crippen molar-refractivity contribution in [3.8, 4) is 17.2 Å². The molecule has 0 radical (unpaired) electrons. The number of ether oxygens (including phenoxy) is 4. The highest BCUT2D eigenvalue weighted by molar-refractivity contribution is 6.13. The summed E-state index contributed by atoms with van der Waals surface area (Å²) in [5.74, 6) is 1.53. The summed E-state index contributed by atoms with van der Waals surface area (Å²) in [4.78, 5) is 16.4. The topological polar surface area (TPSA) is 66.3 Å². The molecule has 1 aliphatic heterocycles. The molecule has 1 aliphatic rings. The van der Waals surface area contributed by atoms with E-state index in [1.165, 1.54) is 7.11 Å². The lowest BCUT2D eigenvalue weighted by atomic mass is 10.2. The molecule has 1 heterocycles. The molecule has 0 amide bonds. The van der Waals surface area contributed by atoms with Gasteiger partial charge in [-0.2, -0.15) is 0 Å². The lowest BCUT2D eigenvalue weighted by molar-refractivity contribution is -0.129. The maximum absolute atomic E-state index is 12.1. The average Bonchev–Trinajstić information content (AvgIpc) is 3.01. The van der Waals surface area contributed by atoms with Gasteiger partial charge in [0.1, 0.15) is 5.75 Å². The Kier molecular flexibility index (Phi) is 4.70. The van der Waals surface area contributed by atoms with Crippen LogP contribution in [0, 0.1) is 0 Å². The summed E-state index contributed by atoms with van der Waals surface area (Å²) in [5, 5.41) is 0. The number of hydrogen-bond donors (Lipinski definition) is 0. The van der Waals surface area contributed by atoms with E-state index in [0.717, 1.165) is 5.56 Å². The summed E-state index contributed by atoms with van der Waals surface area (Å²) in [6.45, 7) is 0. The van der Waals surface area contributed by atoms with Crippen LogP contribution in [-0.4, -0.2) is 33.2 Å². The molecule has 128 valence electrons. The molecule has 0 N–H and O–H groups in total. The van der Waals surface area contributed by atoms with E-state index in [1.807, 2.05) is 24.3 Å². The van der Waals surface area contributed by atoms with Crippen molar-refractivity contribution in [2.45, 2.75) is 0 Å². The van der Waals surface area contributed by atoms with Crippen LogP contribution in [0.4, 0.5) is 0 Å². The Bertz CT molecular complexity index is 870. The normalized spacial score (nSPS) is 14.9. The SMILES string of the molecule is COc1cccc(/C=C2/N=C(c3ccc(OC)c(OC)c3)OC2=O)c1. The number of nitrogens with zero attached hydrogens (tertiary/aromatic N) is 1. The molecule has 2 aromatic carbocycles. The highest BCUT2D eigenvalue weighted by atomic mass is 16.6. The predicted molar refractivity (Wildman–Crippen MR) is 93.1 cm³/mol. The van der Waals surface area contributed by atoms with Crippen molar-refractivity contribution < 1.29 is 23.7 Å². The molecule has 0 aromatic heterocycles. The van der Waals surface area contributed by atoms with E-state index in [1.54, 1.807) is 38.5 Å². The zero-order valence-corrected chi connectivity index (χ0v) is 14.1. The van der Waals surface area contributed by atoms with E-state index < -0.39 is 5.97 Å². The molecule has 2 aromatic rings. The lowest BCUT2D eigenvalue weighted by Crippen LogP contribution is -2.05. The molecule has 0 aliphatic carbocycles. The van der Waals surface area contributed by atoms with Gasteiger partial charge in [0.25, 0.3) is 0 Å². The number of rotatable bonds is 5. The Morgan fingerprint density at radius 2 is 1.76 bits per heavy atom. The molecule has 0 atom stereocenters. The van der Waals surface area contributed by atoms with Gasteiger partial charge in [-0.3, -0.25) is 0 Å². The van der Waals surface area contributed by atoms with Gasteiger partial charge in [0.2, 0.25) is 5.90 Å². The standard InChI is InChI=1S/C19H17NO5/c1-22-14-6-4-5-12(9-14)10-15-19(21)25-18(20-15)13-7-8-16(23-2)17(11-13)24-3/h4-11H,1-3H3/b15-10+. The highest BCUT2D eigenvalue weighted by Crippen LogP contribution is 2.29. The Hall–Kier alpha value is -3.28. The number of carbonyl (C=O) groups is 1. The quantitative estimate of drug-likeness (QED) is 0.619. The minimum atomic E-state index is -0.507. The lowest BCUT2D eigenvalue weighted by Gasteiger charge is -2.08. The van der Waals surface area contributed by atoms with Gasteiger partial charge in [0.15, 0.2) is 17.2 Å². The molecule has 0 fully saturated rings. The monoisotopic (exact) mass is 339 g/mol. The summed E-state index contributed by atoms with van der Waals surface area (Å²) >= 11 is 0. The summed E-state index contributed by atoms with van der Waals surface area (Å²) in [5.41, 5.74) is 1.64. The van der Waals surface area contributed by atoms with E-state index >= 15 is 0 Å². The molecule has 3 rings (SSSR count). The van der Waals surface area contributed by atoms with Crippen molar-refractivity contribution in [1.82, 2.24) is 0 Å². The van der Waals surface area contributed by atoms with Gasteiger partial charge >= 0.3 is 5.97 Å². The van der Waals surface area contributed by atoms with Crippen molar-refractivity contribution in [2.75, 3.05) is 21.3 Å². The molecule has 0 saturated carbocycles. The fourth-order valence-corrected chi connectivity index (χ4v) is 2.39. The van der Waals surface area contributed by atoms with E-state index in [0.29, 0.717) is 22.8 Å². The zero-order chi connectivity index (χ0) is 17.8. The maximum atomic E-state index is 12.1. The van der Waals surface area contributed by atoms with Gasteiger partial charge < -0.3 is 18.9 Å². The van der Waals surface area contributed by atoms with E-state index in [4.69, 9.17) is 18.9 Å². The molecular weight excluding hydrogens is 322 g/mol. The molecule has 0 unspecified atom stereocenters. The minimum absolute atomic E-state index is 0.220. The van der Waals surface area contributed by atoms with Crippen LogP contribution in [0.2, 0.25) is 0 Å². The van der Waals surface area contributed by atoms with Crippen LogP contribution >= 0.6 is 0 Å². The fraction of sp³-hybridized carbons (Fsp3) is 0.158. The molecule has 0 saturated heterocycles. The van der Waals surface area contributed by atoms with E-state index in [9.17, 15) is 4.79 Å². The number of esters is 1. The van der Waals surface area contributed by atoms with E-state index in [2.05, 4.69) is 4.99 Å². The van der Waals surface area contributed by atoms with Crippen molar-refractivity contribution in [2.24, 2.45) is 4.99 Å². The van der Waals surface area contributed by atoms with Crippen molar-refractivity contribution in [3.05, 3.63) is 59.3 Å². The van der Waals surface area contributed by atoms with Crippen LogP contribution in [0.25, 0.3) is 6.08 Å². The van der Waals surface area contributed by atoms with Crippen molar-refractivity contribution in [3.63, 3.8) is 0 Å². The molecular formula is C19H17NO5. The third kappa shape index (κ3) is 3.47. The molecule has 6 nitrogen and oxygen atoms in total. The molecule has 0 bridgehead atoms. The summed E-state index contributed by atoms with van der Waals surface area (Å²) in [7, 11) is 4.68. The fourth-order valence-electron chi connectivity index (χ4n) is 2.39. The first-order valence-electron chi connectivity index (χ1n) is 7.53. The Morgan fingerprint density at radius 1 is 0.960 bits per heavy atom. The first-order chi connectivity index (χ1) is 12.1. The van der Waals surface area contributed by atoms with Gasteiger partial charge in [-0.1, -0.05) is 12.1 Å². The second-order valence-electron chi connectivity index (χ2n) is 5.18. The van der Waals surface area contributed by atoms with Crippen LogP contribution in [0.1, 0.15) is 11.1 Å². The summed E-state index contributed by atoms with van der Waals surface area (Å²) in [6.07, 6.45) is 1.65. The minimum Gasteiger partial charge on any atom is -0.497 e. The van der Waals surface area contributed by atoms with Crippen LogP contribution < -0.4 is 14.2 Å². The number of aliphatic imine (C=N–C) groups is 1. The first-order valence-corrected chi connectivity index (χ1v) is 7.53. The number of methoxy groups -OCH3 is 3. The Labute approximate surface area is 145 Å². The average molecular weight is 339 g/mol. The zero-order valence-electron chi connectivity index (χ0n) is 14.1. The second-order valence-corrected chi connectivity index (χ2v) is 5.18. The second kappa shape index (κ2) is 7.09. The third-order valence-corrected chi connectivity index (χ3v) is 3.65.